The number of H-pyrrole nitrogens is 1. The van der Waals surface area contributed by atoms with Crippen molar-refractivity contribution in [3.63, 3.8) is 0 Å². The molecular formula is C15H26N6O2. The van der Waals surface area contributed by atoms with Gasteiger partial charge in [-0.1, -0.05) is 0 Å². The minimum Gasteiger partial charge on any atom is -0.372 e. The molecule has 2 atom stereocenters. The fourth-order valence-corrected chi connectivity index (χ4v) is 3.51. The summed E-state index contributed by atoms with van der Waals surface area (Å²) in [5, 5.41) is 6.79. The van der Waals surface area contributed by atoms with Crippen LogP contribution in [0.2, 0.25) is 0 Å². The molecule has 0 aromatic carbocycles. The average molecular weight is 322 g/mol. The Morgan fingerprint density at radius 2 is 1.96 bits per heavy atom. The Balaban J connectivity index is 1.47. The van der Waals surface area contributed by atoms with E-state index in [0.29, 0.717) is 31.5 Å². The van der Waals surface area contributed by atoms with Gasteiger partial charge in [-0.25, -0.2) is 0 Å². The van der Waals surface area contributed by atoms with Crippen LogP contribution in [0.4, 0.5) is 5.95 Å². The second-order valence-electron chi connectivity index (χ2n) is 6.69. The highest BCUT2D eigenvalue weighted by atomic mass is 16.5. The molecule has 2 fully saturated rings. The SMILES string of the molecule is C[C@@H]1CN(C(=O)CN2CCC(c3nc(N)n[nH]3)CC2)C[C@H](C)O1. The van der Waals surface area contributed by atoms with Crippen LogP contribution in [0.5, 0.6) is 0 Å². The normalized spacial score (nSPS) is 27.3. The third-order valence-electron chi connectivity index (χ3n) is 4.63. The van der Waals surface area contributed by atoms with E-state index in [-0.39, 0.29) is 18.1 Å². The summed E-state index contributed by atoms with van der Waals surface area (Å²) in [6.07, 6.45) is 2.17. The number of nitrogens with zero attached hydrogens (tertiary/aromatic N) is 4. The van der Waals surface area contributed by atoms with Gasteiger partial charge in [0.25, 0.3) is 0 Å². The van der Waals surface area contributed by atoms with Gasteiger partial charge in [0, 0.05) is 19.0 Å². The standard InChI is InChI=1S/C15H26N6O2/c1-10-7-21(8-11(2)23-10)13(22)9-20-5-3-12(4-6-20)14-17-15(16)19-18-14/h10-12H,3-9H2,1-2H3,(H3,16,17,18,19)/t10-,11+. The number of rotatable bonds is 3. The summed E-state index contributed by atoms with van der Waals surface area (Å²) in [6.45, 7) is 7.70. The maximum atomic E-state index is 12.5. The topological polar surface area (TPSA) is 100 Å². The van der Waals surface area contributed by atoms with Gasteiger partial charge in [0.05, 0.1) is 18.8 Å². The van der Waals surface area contributed by atoms with Gasteiger partial charge < -0.3 is 15.4 Å². The molecule has 3 rings (SSSR count). The largest absolute Gasteiger partial charge is 0.372 e. The van der Waals surface area contributed by atoms with Crippen LogP contribution in [0.1, 0.15) is 38.4 Å². The molecular weight excluding hydrogens is 296 g/mol. The number of nitrogens with one attached hydrogen (secondary N) is 1. The number of anilines is 1. The van der Waals surface area contributed by atoms with Gasteiger partial charge in [-0.15, -0.1) is 5.10 Å². The number of carbonyl (C=O) groups is 1. The lowest BCUT2D eigenvalue weighted by Crippen LogP contribution is -2.51. The Morgan fingerprint density at radius 1 is 1.30 bits per heavy atom. The van der Waals surface area contributed by atoms with Crippen molar-refractivity contribution >= 4 is 11.9 Å². The van der Waals surface area contributed by atoms with Crippen LogP contribution < -0.4 is 5.73 Å². The number of nitrogens with two attached hydrogens (primary N) is 1. The summed E-state index contributed by atoms with van der Waals surface area (Å²) in [5.41, 5.74) is 5.56. The molecule has 1 aromatic heterocycles. The molecule has 23 heavy (non-hydrogen) atoms. The summed E-state index contributed by atoms with van der Waals surface area (Å²) >= 11 is 0. The number of aromatic amines is 1. The molecule has 2 saturated heterocycles. The summed E-state index contributed by atoms with van der Waals surface area (Å²) in [5.74, 6) is 1.72. The van der Waals surface area contributed by atoms with Crippen molar-refractivity contribution in [3.8, 4) is 0 Å². The number of morpholine rings is 1. The van der Waals surface area contributed by atoms with Crippen molar-refractivity contribution in [1.29, 1.82) is 0 Å². The van der Waals surface area contributed by atoms with E-state index in [0.717, 1.165) is 31.8 Å². The van der Waals surface area contributed by atoms with Crippen molar-refractivity contribution in [2.75, 3.05) is 38.5 Å². The maximum absolute atomic E-state index is 12.5. The fourth-order valence-electron chi connectivity index (χ4n) is 3.51. The molecule has 1 amide bonds. The number of hydrogen-bond donors (Lipinski definition) is 2. The number of amides is 1. The fraction of sp³-hybridized carbons (Fsp3) is 0.800. The van der Waals surface area contributed by atoms with Gasteiger partial charge in [0.2, 0.25) is 11.9 Å². The second kappa shape index (κ2) is 6.84. The van der Waals surface area contributed by atoms with Crippen molar-refractivity contribution in [2.45, 2.75) is 44.8 Å². The van der Waals surface area contributed by atoms with Crippen LogP contribution in [-0.4, -0.2) is 75.8 Å². The summed E-state index contributed by atoms with van der Waals surface area (Å²) < 4.78 is 5.69. The van der Waals surface area contributed by atoms with E-state index in [1.807, 2.05) is 18.7 Å². The first-order chi connectivity index (χ1) is 11.0. The Morgan fingerprint density at radius 3 is 2.52 bits per heavy atom. The zero-order valence-electron chi connectivity index (χ0n) is 13.9. The zero-order chi connectivity index (χ0) is 16.4. The number of ether oxygens (including phenoxy) is 1. The van der Waals surface area contributed by atoms with Crippen molar-refractivity contribution < 1.29 is 9.53 Å². The van der Waals surface area contributed by atoms with Crippen molar-refractivity contribution in [1.82, 2.24) is 25.0 Å². The Kier molecular flexibility index (Phi) is 4.82. The number of aromatic nitrogens is 3. The van der Waals surface area contributed by atoms with E-state index in [1.54, 1.807) is 0 Å². The van der Waals surface area contributed by atoms with Crippen LogP contribution in [0.15, 0.2) is 0 Å². The summed E-state index contributed by atoms with van der Waals surface area (Å²) in [6, 6.07) is 0. The molecule has 128 valence electrons. The third-order valence-corrected chi connectivity index (χ3v) is 4.63. The van der Waals surface area contributed by atoms with Gasteiger partial charge in [0.15, 0.2) is 0 Å². The predicted molar refractivity (Wildman–Crippen MR) is 85.8 cm³/mol. The lowest BCUT2D eigenvalue weighted by molar-refractivity contribution is -0.144. The molecule has 0 aliphatic carbocycles. The van der Waals surface area contributed by atoms with E-state index in [2.05, 4.69) is 20.1 Å². The molecule has 0 unspecified atom stereocenters. The number of nitrogen functional groups attached to an aromatic ring is 1. The molecule has 0 radical (unpaired) electrons. The predicted octanol–water partition coefficient (Wildman–Crippen LogP) is 0.202. The Hall–Kier alpha value is -1.67. The molecule has 8 nitrogen and oxygen atoms in total. The van der Waals surface area contributed by atoms with E-state index < -0.39 is 0 Å². The van der Waals surface area contributed by atoms with E-state index in [4.69, 9.17) is 10.5 Å². The minimum absolute atomic E-state index is 0.116. The molecule has 3 N–H and O–H groups in total. The third kappa shape index (κ3) is 4.00. The van der Waals surface area contributed by atoms with Gasteiger partial charge in [-0.05, 0) is 39.8 Å². The number of carbonyl (C=O) groups excluding carboxylic acids is 1. The first-order valence-electron chi connectivity index (χ1n) is 8.34. The summed E-state index contributed by atoms with van der Waals surface area (Å²) in [7, 11) is 0. The number of hydrogen-bond acceptors (Lipinski definition) is 6. The van der Waals surface area contributed by atoms with Gasteiger partial charge in [0.1, 0.15) is 5.82 Å². The second-order valence-corrected chi connectivity index (χ2v) is 6.69. The van der Waals surface area contributed by atoms with Gasteiger partial charge in [-0.3, -0.25) is 14.8 Å². The number of likely N-dealkylation sites (tertiary alicyclic amines) is 1. The summed E-state index contributed by atoms with van der Waals surface area (Å²) in [4.78, 5) is 20.9. The average Bonchev–Trinajstić information content (AvgIpc) is 2.93. The Labute approximate surface area is 136 Å². The molecule has 0 spiro atoms. The molecule has 0 bridgehead atoms. The van der Waals surface area contributed by atoms with E-state index in [1.165, 1.54) is 0 Å². The van der Waals surface area contributed by atoms with E-state index >= 15 is 0 Å². The quantitative estimate of drug-likeness (QED) is 0.825. The molecule has 0 saturated carbocycles. The highest BCUT2D eigenvalue weighted by Crippen LogP contribution is 2.25. The molecule has 1 aromatic rings. The minimum atomic E-state index is 0.116. The van der Waals surface area contributed by atoms with Crippen molar-refractivity contribution in [3.05, 3.63) is 5.82 Å². The number of piperidine rings is 1. The van der Waals surface area contributed by atoms with Crippen molar-refractivity contribution in [2.24, 2.45) is 0 Å². The lowest BCUT2D eigenvalue weighted by atomic mass is 9.96. The monoisotopic (exact) mass is 322 g/mol. The van der Waals surface area contributed by atoms with Gasteiger partial charge >= 0.3 is 0 Å². The maximum Gasteiger partial charge on any atom is 0.239 e. The first-order valence-corrected chi connectivity index (χ1v) is 8.34. The van der Waals surface area contributed by atoms with Crippen LogP contribution in [0.25, 0.3) is 0 Å². The van der Waals surface area contributed by atoms with Crippen LogP contribution in [0, 0.1) is 0 Å². The molecule has 3 heterocycles. The van der Waals surface area contributed by atoms with E-state index in [9.17, 15) is 4.79 Å². The highest BCUT2D eigenvalue weighted by molar-refractivity contribution is 5.78. The lowest BCUT2D eigenvalue weighted by Gasteiger charge is -2.37. The molecule has 2 aliphatic heterocycles. The van der Waals surface area contributed by atoms with Crippen LogP contribution >= 0.6 is 0 Å². The van der Waals surface area contributed by atoms with Crippen LogP contribution in [-0.2, 0) is 9.53 Å². The first kappa shape index (κ1) is 16.2. The Bertz CT molecular complexity index is 530. The smallest absolute Gasteiger partial charge is 0.239 e. The molecule has 2 aliphatic rings. The van der Waals surface area contributed by atoms with Crippen LogP contribution in [0.3, 0.4) is 0 Å². The molecule has 8 heteroatoms. The van der Waals surface area contributed by atoms with Gasteiger partial charge in [-0.2, -0.15) is 4.98 Å². The zero-order valence-corrected chi connectivity index (χ0v) is 13.9. The highest BCUT2D eigenvalue weighted by Gasteiger charge is 2.29.